The number of nitrogens with two attached hydrogens (primary N) is 1. The normalized spacial score (nSPS) is 34.8. The minimum Gasteiger partial charge on any atom is -0.329 e. The molecule has 0 aromatic carbocycles. The van der Waals surface area contributed by atoms with Gasteiger partial charge in [-0.3, -0.25) is 4.90 Å². The molecule has 1 saturated heterocycles. The van der Waals surface area contributed by atoms with Gasteiger partial charge < -0.3 is 5.73 Å². The van der Waals surface area contributed by atoms with Crippen molar-refractivity contribution in [3.8, 4) is 0 Å². The van der Waals surface area contributed by atoms with Crippen LogP contribution in [0.15, 0.2) is 0 Å². The van der Waals surface area contributed by atoms with Gasteiger partial charge in [-0.25, -0.2) is 0 Å². The summed E-state index contributed by atoms with van der Waals surface area (Å²) >= 11 is 0. The van der Waals surface area contributed by atoms with E-state index >= 15 is 0 Å². The Morgan fingerprint density at radius 2 is 1.88 bits per heavy atom. The van der Waals surface area contributed by atoms with Gasteiger partial charge in [0.05, 0.1) is 0 Å². The van der Waals surface area contributed by atoms with Crippen LogP contribution in [0, 0.1) is 11.8 Å². The fourth-order valence-corrected chi connectivity index (χ4v) is 3.92. The Bertz CT molecular complexity index is 223. The lowest BCUT2D eigenvalue weighted by Gasteiger charge is -2.45. The minimum atomic E-state index is 0.649. The monoisotopic (exact) mass is 238 g/mol. The van der Waals surface area contributed by atoms with Crippen molar-refractivity contribution in [2.24, 2.45) is 17.6 Å². The van der Waals surface area contributed by atoms with Crippen molar-refractivity contribution in [3.05, 3.63) is 0 Å². The van der Waals surface area contributed by atoms with Crippen LogP contribution in [-0.2, 0) is 0 Å². The highest BCUT2D eigenvalue weighted by Gasteiger charge is 2.32. The molecular weight excluding hydrogens is 208 g/mol. The zero-order chi connectivity index (χ0) is 12.3. The molecule has 0 bridgehead atoms. The van der Waals surface area contributed by atoms with Crippen LogP contribution in [0.1, 0.15) is 58.8 Å². The summed E-state index contributed by atoms with van der Waals surface area (Å²) in [5.41, 5.74) is 5.98. The van der Waals surface area contributed by atoms with Crippen molar-refractivity contribution in [2.45, 2.75) is 70.9 Å². The van der Waals surface area contributed by atoms with Gasteiger partial charge in [0.15, 0.2) is 0 Å². The van der Waals surface area contributed by atoms with E-state index in [1.165, 1.54) is 51.5 Å². The lowest BCUT2D eigenvalue weighted by atomic mass is 9.81. The van der Waals surface area contributed by atoms with E-state index in [1.807, 2.05) is 0 Å². The molecular formula is C15H30N2. The molecule has 100 valence electrons. The molecule has 2 fully saturated rings. The van der Waals surface area contributed by atoms with Gasteiger partial charge in [0, 0.05) is 18.6 Å². The standard InChI is InChI=1S/C15H30N2/c1-12-8-9-17(15(10-12)11-16)13(2)14-6-4-3-5-7-14/h12-15H,3-11,16H2,1-2H3. The first-order valence-electron chi connectivity index (χ1n) is 7.68. The van der Waals surface area contributed by atoms with Crippen molar-refractivity contribution >= 4 is 0 Å². The lowest BCUT2D eigenvalue weighted by molar-refractivity contribution is 0.0453. The molecule has 2 rings (SSSR count). The molecule has 2 N–H and O–H groups in total. The van der Waals surface area contributed by atoms with E-state index in [0.29, 0.717) is 6.04 Å². The quantitative estimate of drug-likeness (QED) is 0.819. The average molecular weight is 238 g/mol. The first-order chi connectivity index (χ1) is 8.22. The van der Waals surface area contributed by atoms with Crippen LogP contribution in [-0.4, -0.2) is 30.1 Å². The van der Waals surface area contributed by atoms with Crippen LogP contribution in [0.25, 0.3) is 0 Å². The van der Waals surface area contributed by atoms with Gasteiger partial charge in [0.1, 0.15) is 0 Å². The number of hydrogen-bond acceptors (Lipinski definition) is 2. The Morgan fingerprint density at radius 1 is 1.18 bits per heavy atom. The fourth-order valence-electron chi connectivity index (χ4n) is 3.92. The highest BCUT2D eigenvalue weighted by molar-refractivity contribution is 4.87. The lowest BCUT2D eigenvalue weighted by Crippen LogP contribution is -2.52. The number of likely N-dealkylation sites (tertiary alicyclic amines) is 1. The summed E-state index contributed by atoms with van der Waals surface area (Å²) in [4.78, 5) is 2.73. The maximum atomic E-state index is 5.98. The molecule has 2 aliphatic rings. The molecule has 1 saturated carbocycles. The van der Waals surface area contributed by atoms with E-state index in [1.54, 1.807) is 0 Å². The Labute approximate surface area is 107 Å². The highest BCUT2D eigenvalue weighted by atomic mass is 15.2. The first kappa shape index (κ1) is 13.4. The molecule has 3 atom stereocenters. The van der Waals surface area contributed by atoms with Gasteiger partial charge in [-0.05, 0) is 51.0 Å². The van der Waals surface area contributed by atoms with Crippen molar-refractivity contribution in [1.82, 2.24) is 4.90 Å². The van der Waals surface area contributed by atoms with Crippen LogP contribution in [0.4, 0.5) is 0 Å². The third-order valence-corrected chi connectivity index (χ3v) is 5.15. The Morgan fingerprint density at radius 3 is 2.53 bits per heavy atom. The Kier molecular flexibility index (Phi) is 4.87. The predicted octanol–water partition coefficient (Wildman–Crippen LogP) is 3.01. The van der Waals surface area contributed by atoms with E-state index < -0.39 is 0 Å². The molecule has 0 radical (unpaired) electrons. The molecule has 0 aromatic rings. The summed E-state index contributed by atoms with van der Waals surface area (Å²) in [6, 6.07) is 1.41. The summed E-state index contributed by atoms with van der Waals surface area (Å²) in [5.74, 6) is 1.81. The van der Waals surface area contributed by atoms with Crippen LogP contribution in [0.3, 0.4) is 0 Å². The van der Waals surface area contributed by atoms with Crippen LogP contribution in [0.2, 0.25) is 0 Å². The minimum absolute atomic E-state index is 0.649. The second-order valence-electron chi connectivity index (χ2n) is 6.40. The first-order valence-corrected chi connectivity index (χ1v) is 7.68. The van der Waals surface area contributed by atoms with E-state index in [0.717, 1.165) is 24.4 Å². The van der Waals surface area contributed by atoms with E-state index in [4.69, 9.17) is 5.73 Å². The summed E-state index contributed by atoms with van der Waals surface area (Å²) < 4.78 is 0. The largest absolute Gasteiger partial charge is 0.329 e. The Hall–Kier alpha value is -0.0800. The van der Waals surface area contributed by atoms with Crippen molar-refractivity contribution in [3.63, 3.8) is 0 Å². The van der Waals surface area contributed by atoms with Gasteiger partial charge in [-0.1, -0.05) is 26.2 Å². The molecule has 0 spiro atoms. The summed E-state index contributed by atoms with van der Waals surface area (Å²) in [7, 11) is 0. The topological polar surface area (TPSA) is 29.3 Å². The van der Waals surface area contributed by atoms with Crippen molar-refractivity contribution in [2.75, 3.05) is 13.1 Å². The SMILES string of the molecule is CC1CCN(C(C)C2CCCCC2)C(CN)C1. The maximum Gasteiger partial charge on any atom is 0.0223 e. The third kappa shape index (κ3) is 3.23. The summed E-state index contributed by atoms with van der Waals surface area (Å²) in [5, 5.41) is 0. The second kappa shape index (κ2) is 6.19. The average Bonchev–Trinajstić information content (AvgIpc) is 2.39. The van der Waals surface area contributed by atoms with Crippen molar-refractivity contribution in [1.29, 1.82) is 0 Å². The van der Waals surface area contributed by atoms with Gasteiger partial charge in [0.25, 0.3) is 0 Å². The van der Waals surface area contributed by atoms with Crippen LogP contribution >= 0.6 is 0 Å². The number of rotatable bonds is 3. The summed E-state index contributed by atoms with van der Waals surface area (Å²) in [6.45, 7) is 6.96. The van der Waals surface area contributed by atoms with Gasteiger partial charge in [-0.15, -0.1) is 0 Å². The van der Waals surface area contributed by atoms with E-state index in [-0.39, 0.29) is 0 Å². The highest BCUT2D eigenvalue weighted by Crippen LogP contribution is 2.32. The third-order valence-electron chi connectivity index (χ3n) is 5.15. The number of hydrogen-bond donors (Lipinski definition) is 1. The molecule has 1 aliphatic carbocycles. The fraction of sp³-hybridized carbons (Fsp3) is 1.00. The smallest absolute Gasteiger partial charge is 0.0223 e. The van der Waals surface area contributed by atoms with Crippen molar-refractivity contribution < 1.29 is 0 Å². The van der Waals surface area contributed by atoms with Gasteiger partial charge >= 0.3 is 0 Å². The Balaban J connectivity index is 1.94. The molecule has 3 unspecified atom stereocenters. The molecule has 17 heavy (non-hydrogen) atoms. The van der Waals surface area contributed by atoms with Crippen LogP contribution in [0.5, 0.6) is 0 Å². The molecule has 0 amide bonds. The second-order valence-corrected chi connectivity index (χ2v) is 6.40. The summed E-state index contributed by atoms with van der Waals surface area (Å²) in [6.07, 6.45) is 9.94. The predicted molar refractivity (Wildman–Crippen MR) is 74.0 cm³/mol. The number of piperidine rings is 1. The molecule has 1 aliphatic heterocycles. The molecule has 0 aromatic heterocycles. The zero-order valence-electron chi connectivity index (χ0n) is 11.7. The maximum absolute atomic E-state index is 5.98. The van der Waals surface area contributed by atoms with Crippen LogP contribution < -0.4 is 5.73 Å². The van der Waals surface area contributed by atoms with E-state index in [2.05, 4.69) is 18.7 Å². The molecule has 2 nitrogen and oxygen atoms in total. The zero-order valence-corrected chi connectivity index (χ0v) is 11.7. The van der Waals surface area contributed by atoms with Gasteiger partial charge in [-0.2, -0.15) is 0 Å². The van der Waals surface area contributed by atoms with E-state index in [9.17, 15) is 0 Å². The molecule has 1 heterocycles. The molecule has 2 heteroatoms. The number of nitrogens with zero attached hydrogens (tertiary/aromatic N) is 1. The van der Waals surface area contributed by atoms with Gasteiger partial charge in [0.2, 0.25) is 0 Å².